The van der Waals surface area contributed by atoms with Crippen molar-refractivity contribution >= 4 is 5.82 Å². The van der Waals surface area contributed by atoms with E-state index in [1.54, 1.807) is 0 Å². The number of aryl methyl sites for hydroxylation is 1. The third kappa shape index (κ3) is 1.48. The van der Waals surface area contributed by atoms with Crippen molar-refractivity contribution in [2.75, 3.05) is 5.73 Å². The molecule has 16 heavy (non-hydrogen) atoms. The molecular formula is C13H15N3. The Morgan fingerprint density at radius 1 is 1.31 bits per heavy atom. The lowest BCUT2D eigenvalue weighted by molar-refractivity contribution is 0.603. The molecule has 0 fully saturated rings. The zero-order chi connectivity index (χ0) is 11.0. The molecule has 1 aliphatic carbocycles. The molecule has 1 aromatic heterocycles. The summed E-state index contributed by atoms with van der Waals surface area (Å²) in [5.41, 5.74) is 9.70. The molecule has 0 saturated heterocycles. The molecular weight excluding hydrogens is 198 g/mol. The van der Waals surface area contributed by atoms with Gasteiger partial charge in [0.1, 0.15) is 5.82 Å². The zero-order valence-corrected chi connectivity index (χ0v) is 9.11. The van der Waals surface area contributed by atoms with Crippen LogP contribution in [0.2, 0.25) is 0 Å². The summed E-state index contributed by atoms with van der Waals surface area (Å²) in [6.07, 6.45) is 3.61. The molecule has 0 amide bonds. The second kappa shape index (κ2) is 3.67. The van der Waals surface area contributed by atoms with Crippen LogP contribution in [-0.2, 0) is 6.42 Å². The summed E-state index contributed by atoms with van der Waals surface area (Å²) in [4.78, 5) is 0. The SMILES string of the molecule is Nc1cc(C2CCCc3ccccc32)[nH]n1. The third-order valence-corrected chi connectivity index (χ3v) is 3.36. The second-order valence-corrected chi connectivity index (χ2v) is 4.39. The highest BCUT2D eigenvalue weighted by atomic mass is 15.2. The number of nitrogens with two attached hydrogens (primary N) is 1. The quantitative estimate of drug-likeness (QED) is 0.764. The Morgan fingerprint density at radius 3 is 3.00 bits per heavy atom. The van der Waals surface area contributed by atoms with Gasteiger partial charge in [0.15, 0.2) is 0 Å². The number of anilines is 1. The molecule has 2 aromatic rings. The lowest BCUT2D eigenvalue weighted by Crippen LogP contribution is -2.11. The van der Waals surface area contributed by atoms with Crippen LogP contribution in [0, 0.1) is 0 Å². The van der Waals surface area contributed by atoms with Crippen LogP contribution in [0.5, 0.6) is 0 Å². The number of aromatic nitrogens is 2. The molecule has 3 N–H and O–H groups in total. The maximum Gasteiger partial charge on any atom is 0.145 e. The number of aromatic amines is 1. The summed E-state index contributed by atoms with van der Waals surface area (Å²) in [6, 6.07) is 10.6. The zero-order valence-electron chi connectivity index (χ0n) is 9.11. The highest BCUT2D eigenvalue weighted by molar-refractivity contribution is 5.40. The van der Waals surface area contributed by atoms with Gasteiger partial charge in [-0.05, 0) is 30.4 Å². The predicted molar refractivity (Wildman–Crippen MR) is 64.2 cm³/mol. The van der Waals surface area contributed by atoms with Crippen LogP contribution in [-0.4, -0.2) is 10.2 Å². The first kappa shape index (κ1) is 9.46. The van der Waals surface area contributed by atoms with Crippen LogP contribution in [0.1, 0.15) is 35.6 Å². The Morgan fingerprint density at radius 2 is 2.19 bits per heavy atom. The fourth-order valence-electron chi connectivity index (χ4n) is 2.61. The van der Waals surface area contributed by atoms with Crippen molar-refractivity contribution in [1.29, 1.82) is 0 Å². The van der Waals surface area contributed by atoms with Gasteiger partial charge in [-0.25, -0.2) is 0 Å². The molecule has 1 aromatic carbocycles. The number of fused-ring (bicyclic) bond motifs is 1. The molecule has 3 rings (SSSR count). The molecule has 1 aliphatic rings. The van der Waals surface area contributed by atoms with Gasteiger partial charge < -0.3 is 5.73 Å². The molecule has 1 heterocycles. The maximum absolute atomic E-state index is 5.66. The van der Waals surface area contributed by atoms with E-state index in [2.05, 4.69) is 34.5 Å². The molecule has 0 saturated carbocycles. The third-order valence-electron chi connectivity index (χ3n) is 3.36. The standard InChI is InChI=1S/C13H15N3/c14-13-8-12(15-16-13)11-7-3-5-9-4-1-2-6-10(9)11/h1-2,4,6,8,11H,3,5,7H2,(H3,14,15,16). The van der Waals surface area contributed by atoms with Crippen LogP contribution in [0.15, 0.2) is 30.3 Å². The smallest absolute Gasteiger partial charge is 0.145 e. The number of nitrogens with one attached hydrogen (secondary N) is 1. The van der Waals surface area contributed by atoms with Gasteiger partial charge in [0.2, 0.25) is 0 Å². The van der Waals surface area contributed by atoms with Crippen LogP contribution < -0.4 is 5.73 Å². The highest BCUT2D eigenvalue weighted by Crippen LogP contribution is 2.35. The minimum absolute atomic E-state index is 0.440. The summed E-state index contributed by atoms with van der Waals surface area (Å²) in [5, 5.41) is 7.06. The number of rotatable bonds is 1. The second-order valence-electron chi connectivity index (χ2n) is 4.39. The minimum atomic E-state index is 0.440. The van der Waals surface area contributed by atoms with E-state index in [4.69, 9.17) is 5.73 Å². The Bertz CT molecular complexity index is 501. The Labute approximate surface area is 94.7 Å². The first-order valence-corrected chi connectivity index (χ1v) is 5.73. The van der Waals surface area contributed by atoms with Gasteiger partial charge in [0, 0.05) is 17.7 Å². The first-order valence-electron chi connectivity index (χ1n) is 5.73. The predicted octanol–water partition coefficient (Wildman–Crippen LogP) is 2.46. The van der Waals surface area contributed by atoms with E-state index >= 15 is 0 Å². The van der Waals surface area contributed by atoms with Gasteiger partial charge in [0.25, 0.3) is 0 Å². The molecule has 1 atom stereocenters. The lowest BCUT2D eigenvalue weighted by atomic mass is 9.81. The lowest BCUT2D eigenvalue weighted by Gasteiger charge is -2.24. The van der Waals surface area contributed by atoms with E-state index in [0.29, 0.717) is 11.7 Å². The normalized spacial score (nSPS) is 19.4. The topological polar surface area (TPSA) is 54.7 Å². The van der Waals surface area contributed by atoms with Crippen LogP contribution >= 0.6 is 0 Å². The van der Waals surface area contributed by atoms with E-state index < -0.39 is 0 Å². The first-order chi connectivity index (χ1) is 7.84. The molecule has 0 bridgehead atoms. The van der Waals surface area contributed by atoms with E-state index in [1.807, 2.05) is 6.07 Å². The van der Waals surface area contributed by atoms with Crippen molar-refractivity contribution in [2.45, 2.75) is 25.2 Å². The van der Waals surface area contributed by atoms with E-state index in [-0.39, 0.29) is 0 Å². The maximum atomic E-state index is 5.66. The van der Waals surface area contributed by atoms with Crippen molar-refractivity contribution < 1.29 is 0 Å². The molecule has 82 valence electrons. The van der Waals surface area contributed by atoms with Crippen molar-refractivity contribution in [3.8, 4) is 0 Å². The molecule has 0 aliphatic heterocycles. The van der Waals surface area contributed by atoms with E-state index in [1.165, 1.54) is 30.4 Å². The molecule has 0 radical (unpaired) electrons. The number of hydrogen-bond acceptors (Lipinski definition) is 2. The monoisotopic (exact) mass is 213 g/mol. The highest BCUT2D eigenvalue weighted by Gasteiger charge is 2.22. The number of benzene rings is 1. The number of nitrogen functional groups attached to an aromatic ring is 1. The molecule has 3 nitrogen and oxygen atoms in total. The molecule has 0 spiro atoms. The van der Waals surface area contributed by atoms with Gasteiger partial charge in [-0.15, -0.1) is 0 Å². The van der Waals surface area contributed by atoms with Gasteiger partial charge >= 0.3 is 0 Å². The van der Waals surface area contributed by atoms with Crippen LogP contribution in [0.4, 0.5) is 5.82 Å². The number of hydrogen-bond donors (Lipinski definition) is 2. The van der Waals surface area contributed by atoms with Gasteiger partial charge in [-0.3, -0.25) is 5.10 Å². The summed E-state index contributed by atoms with van der Waals surface area (Å²) in [5.74, 6) is 1.02. The minimum Gasteiger partial charge on any atom is -0.382 e. The average molecular weight is 213 g/mol. The van der Waals surface area contributed by atoms with Crippen molar-refractivity contribution in [2.24, 2.45) is 0 Å². The fraction of sp³-hybridized carbons (Fsp3) is 0.308. The van der Waals surface area contributed by atoms with Gasteiger partial charge in [-0.1, -0.05) is 24.3 Å². The summed E-state index contributed by atoms with van der Waals surface area (Å²) < 4.78 is 0. The van der Waals surface area contributed by atoms with E-state index in [0.717, 1.165) is 5.69 Å². The van der Waals surface area contributed by atoms with Gasteiger partial charge in [-0.2, -0.15) is 5.10 Å². The number of H-pyrrole nitrogens is 1. The summed E-state index contributed by atoms with van der Waals surface area (Å²) in [7, 11) is 0. The Hall–Kier alpha value is -1.77. The fourth-order valence-corrected chi connectivity index (χ4v) is 2.61. The van der Waals surface area contributed by atoms with Gasteiger partial charge in [0.05, 0.1) is 0 Å². The Balaban J connectivity index is 2.04. The molecule has 1 unspecified atom stereocenters. The van der Waals surface area contributed by atoms with Crippen LogP contribution in [0.3, 0.4) is 0 Å². The summed E-state index contributed by atoms with van der Waals surface area (Å²) in [6.45, 7) is 0. The van der Waals surface area contributed by atoms with Crippen molar-refractivity contribution in [1.82, 2.24) is 10.2 Å². The number of nitrogens with zero attached hydrogens (tertiary/aromatic N) is 1. The Kier molecular flexibility index (Phi) is 2.17. The van der Waals surface area contributed by atoms with E-state index in [9.17, 15) is 0 Å². The van der Waals surface area contributed by atoms with Crippen LogP contribution in [0.25, 0.3) is 0 Å². The van der Waals surface area contributed by atoms with Crippen molar-refractivity contribution in [3.05, 3.63) is 47.2 Å². The average Bonchev–Trinajstić information content (AvgIpc) is 2.75. The van der Waals surface area contributed by atoms with Crippen molar-refractivity contribution in [3.63, 3.8) is 0 Å². The summed E-state index contributed by atoms with van der Waals surface area (Å²) >= 11 is 0. The molecule has 3 heteroatoms. The largest absolute Gasteiger partial charge is 0.382 e.